The summed E-state index contributed by atoms with van der Waals surface area (Å²) in [4.78, 5) is 28.0. The summed E-state index contributed by atoms with van der Waals surface area (Å²) < 4.78 is 32.0. The van der Waals surface area contributed by atoms with Crippen LogP contribution in [0.25, 0.3) is 6.08 Å². The van der Waals surface area contributed by atoms with Gasteiger partial charge in [-0.1, -0.05) is 25.0 Å². The molecule has 8 nitrogen and oxygen atoms in total. The first-order valence-corrected chi connectivity index (χ1v) is 12.4. The fourth-order valence-electron chi connectivity index (χ4n) is 3.13. The normalized spacial score (nSPS) is 15.5. The predicted octanol–water partition coefficient (Wildman–Crippen LogP) is 3.54. The van der Waals surface area contributed by atoms with E-state index in [0.717, 1.165) is 37.0 Å². The standard InChI is InChI=1S/C21H25N3O5S2/c1-2-29-20(26)18-15-30-21(22-18)23-19(25)12-9-16-7-10-17(11-8-16)31(27,28)24-13-5-3-4-6-14-24/h7-12,15H,2-6,13-14H2,1H3,(H,22,23,25)/b12-9+. The fourth-order valence-corrected chi connectivity index (χ4v) is 5.33. The maximum Gasteiger partial charge on any atom is 0.357 e. The molecule has 0 saturated carbocycles. The lowest BCUT2D eigenvalue weighted by Gasteiger charge is -2.19. The van der Waals surface area contributed by atoms with Gasteiger partial charge in [0.15, 0.2) is 10.8 Å². The minimum Gasteiger partial charge on any atom is -0.461 e. The zero-order valence-electron chi connectivity index (χ0n) is 17.2. The van der Waals surface area contributed by atoms with Crippen molar-refractivity contribution in [1.82, 2.24) is 9.29 Å². The molecular weight excluding hydrogens is 438 g/mol. The monoisotopic (exact) mass is 463 g/mol. The largest absolute Gasteiger partial charge is 0.461 e. The number of hydrogen-bond donors (Lipinski definition) is 1. The highest BCUT2D eigenvalue weighted by molar-refractivity contribution is 7.89. The molecule has 1 aliphatic rings. The first kappa shape index (κ1) is 23.1. The van der Waals surface area contributed by atoms with Crippen LogP contribution in [-0.4, -0.2) is 49.3 Å². The van der Waals surface area contributed by atoms with E-state index in [0.29, 0.717) is 18.7 Å². The number of nitrogens with one attached hydrogen (secondary N) is 1. The van der Waals surface area contributed by atoms with Crippen LogP contribution in [0.15, 0.2) is 40.6 Å². The van der Waals surface area contributed by atoms with Crippen LogP contribution < -0.4 is 5.32 Å². The van der Waals surface area contributed by atoms with Crippen LogP contribution in [-0.2, 0) is 19.6 Å². The number of anilines is 1. The SMILES string of the molecule is CCOC(=O)c1csc(NC(=O)/C=C/c2ccc(S(=O)(=O)N3CCCCCC3)cc2)n1. The van der Waals surface area contributed by atoms with E-state index in [1.165, 1.54) is 11.5 Å². The summed E-state index contributed by atoms with van der Waals surface area (Å²) in [7, 11) is -3.50. The summed E-state index contributed by atoms with van der Waals surface area (Å²) >= 11 is 1.12. The van der Waals surface area contributed by atoms with Gasteiger partial charge in [-0.2, -0.15) is 4.31 Å². The second-order valence-corrected chi connectivity index (χ2v) is 9.76. The Morgan fingerprint density at radius 1 is 1.16 bits per heavy atom. The van der Waals surface area contributed by atoms with Gasteiger partial charge < -0.3 is 4.74 Å². The average Bonchev–Trinajstić information content (AvgIpc) is 3.04. The van der Waals surface area contributed by atoms with Crippen molar-refractivity contribution >= 4 is 44.4 Å². The van der Waals surface area contributed by atoms with E-state index in [1.54, 1.807) is 41.6 Å². The minimum atomic E-state index is -3.50. The van der Waals surface area contributed by atoms with Crippen molar-refractivity contribution in [3.8, 4) is 0 Å². The number of esters is 1. The van der Waals surface area contributed by atoms with E-state index < -0.39 is 21.9 Å². The highest BCUT2D eigenvalue weighted by Gasteiger charge is 2.24. The van der Waals surface area contributed by atoms with Crippen LogP contribution in [0.5, 0.6) is 0 Å². The third kappa shape index (κ3) is 6.22. The molecule has 1 aliphatic heterocycles. The van der Waals surface area contributed by atoms with Crippen molar-refractivity contribution in [2.75, 3.05) is 25.0 Å². The fraction of sp³-hybridized carbons (Fsp3) is 0.381. The van der Waals surface area contributed by atoms with Crippen LogP contribution in [0.1, 0.15) is 48.7 Å². The molecule has 0 spiro atoms. The Hall–Kier alpha value is -2.56. The number of rotatable bonds is 7. The Labute approximate surface area is 186 Å². The summed E-state index contributed by atoms with van der Waals surface area (Å²) in [6.45, 7) is 3.06. The van der Waals surface area contributed by atoms with E-state index in [-0.39, 0.29) is 22.3 Å². The third-order valence-corrected chi connectivity index (χ3v) is 7.40. The smallest absolute Gasteiger partial charge is 0.357 e. The van der Waals surface area contributed by atoms with Crippen molar-refractivity contribution in [2.45, 2.75) is 37.5 Å². The topological polar surface area (TPSA) is 106 Å². The molecule has 0 radical (unpaired) electrons. The van der Waals surface area contributed by atoms with Gasteiger partial charge in [-0.25, -0.2) is 18.2 Å². The van der Waals surface area contributed by atoms with Gasteiger partial charge in [0.1, 0.15) is 0 Å². The second-order valence-electron chi connectivity index (χ2n) is 6.97. The molecule has 3 rings (SSSR count). The Bertz CT molecular complexity index is 1040. The molecule has 1 aromatic carbocycles. The Balaban J connectivity index is 1.60. The number of sulfonamides is 1. The molecule has 31 heavy (non-hydrogen) atoms. The predicted molar refractivity (Wildman–Crippen MR) is 119 cm³/mol. The van der Waals surface area contributed by atoms with Crippen LogP contribution in [0.4, 0.5) is 5.13 Å². The van der Waals surface area contributed by atoms with Crippen molar-refractivity contribution in [1.29, 1.82) is 0 Å². The molecule has 1 fully saturated rings. The highest BCUT2D eigenvalue weighted by atomic mass is 32.2. The molecular formula is C21H25N3O5S2. The Morgan fingerprint density at radius 3 is 2.48 bits per heavy atom. The second kappa shape index (κ2) is 10.7. The summed E-state index contributed by atoms with van der Waals surface area (Å²) in [6.07, 6.45) is 6.79. The molecule has 10 heteroatoms. The maximum absolute atomic E-state index is 12.8. The molecule has 0 atom stereocenters. The van der Waals surface area contributed by atoms with E-state index in [2.05, 4.69) is 10.3 Å². The van der Waals surface area contributed by atoms with E-state index in [9.17, 15) is 18.0 Å². The lowest BCUT2D eigenvalue weighted by Crippen LogP contribution is -2.31. The number of nitrogens with zero attached hydrogens (tertiary/aromatic N) is 2. The molecule has 0 unspecified atom stereocenters. The van der Waals surface area contributed by atoms with Crippen molar-refractivity contribution in [2.24, 2.45) is 0 Å². The van der Waals surface area contributed by atoms with Crippen molar-refractivity contribution in [3.05, 3.63) is 47.0 Å². The van der Waals surface area contributed by atoms with Gasteiger partial charge in [0.25, 0.3) is 0 Å². The quantitative estimate of drug-likeness (QED) is 0.497. The van der Waals surface area contributed by atoms with Gasteiger partial charge in [0, 0.05) is 24.5 Å². The third-order valence-electron chi connectivity index (χ3n) is 4.73. The number of benzene rings is 1. The summed E-state index contributed by atoms with van der Waals surface area (Å²) in [5.74, 6) is -0.948. The number of aromatic nitrogens is 1. The molecule has 0 bridgehead atoms. The zero-order chi connectivity index (χ0) is 22.3. The van der Waals surface area contributed by atoms with Gasteiger partial charge in [0.05, 0.1) is 11.5 Å². The number of hydrogen-bond acceptors (Lipinski definition) is 7. The lowest BCUT2D eigenvalue weighted by molar-refractivity contribution is -0.111. The maximum atomic E-state index is 12.8. The first-order valence-electron chi connectivity index (χ1n) is 10.1. The first-order chi connectivity index (χ1) is 14.9. The summed E-state index contributed by atoms with van der Waals surface area (Å²) in [5, 5.41) is 4.39. The van der Waals surface area contributed by atoms with E-state index in [1.807, 2.05) is 0 Å². The number of ether oxygens (including phenoxy) is 1. The minimum absolute atomic E-state index is 0.146. The number of amides is 1. The molecule has 1 amide bonds. The van der Waals surface area contributed by atoms with Crippen LogP contribution in [0, 0.1) is 0 Å². The van der Waals surface area contributed by atoms with Crippen molar-refractivity contribution < 1.29 is 22.7 Å². The van der Waals surface area contributed by atoms with E-state index in [4.69, 9.17) is 4.74 Å². The van der Waals surface area contributed by atoms with Crippen LogP contribution in [0.2, 0.25) is 0 Å². The molecule has 0 aliphatic carbocycles. The van der Waals surface area contributed by atoms with Gasteiger partial charge in [-0.15, -0.1) is 11.3 Å². The van der Waals surface area contributed by atoms with Crippen molar-refractivity contribution in [3.63, 3.8) is 0 Å². The molecule has 2 heterocycles. The summed E-state index contributed by atoms with van der Waals surface area (Å²) in [5.41, 5.74) is 0.837. The Morgan fingerprint density at radius 2 is 1.84 bits per heavy atom. The molecule has 1 aromatic heterocycles. The number of carbonyl (C=O) groups excluding carboxylic acids is 2. The molecule has 1 N–H and O–H groups in total. The molecule has 1 saturated heterocycles. The average molecular weight is 464 g/mol. The number of carbonyl (C=O) groups is 2. The van der Waals surface area contributed by atoms with Crippen LogP contribution in [0.3, 0.4) is 0 Å². The van der Waals surface area contributed by atoms with Gasteiger partial charge in [0.2, 0.25) is 15.9 Å². The molecule has 166 valence electrons. The highest BCUT2D eigenvalue weighted by Crippen LogP contribution is 2.21. The lowest BCUT2D eigenvalue weighted by atomic mass is 10.2. The zero-order valence-corrected chi connectivity index (χ0v) is 18.9. The molecule has 2 aromatic rings. The van der Waals surface area contributed by atoms with E-state index >= 15 is 0 Å². The Kier molecular flexibility index (Phi) is 7.94. The number of thiazole rings is 1. The summed E-state index contributed by atoms with van der Waals surface area (Å²) in [6, 6.07) is 6.45. The van der Waals surface area contributed by atoms with Gasteiger partial charge in [-0.3, -0.25) is 10.1 Å². The van der Waals surface area contributed by atoms with Gasteiger partial charge in [-0.05, 0) is 43.5 Å². The van der Waals surface area contributed by atoms with Crippen LogP contribution >= 0.6 is 11.3 Å². The van der Waals surface area contributed by atoms with Gasteiger partial charge >= 0.3 is 5.97 Å².